The number of ether oxygens (including phenoxy) is 2. The van der Waals surface area contributed by atoms with Crippen molar-refractivity contribution in [3.63, 3.8) is 0 Å². The van der Waals surface area contributed by atoms with Gasteiger partial charge in [0.05, 0.1) is 24.9 Å². The van der Waals surface area contributed by atoms with E-state index in [-0.39, 0.29) is 50.4 Å². The number of hydrogen-bond acceptors (Lipinski definition) is 11. The maximum atomic E-state index is 17.4. The molecule has 0 aliphatic heterocycles. The van der Waals surface area contributed by atoms with E-state index in [2.05, 4.69) is 4.98 Å². The summed E-state index contributed by atoms with van der Waals surface area (Å²) >= 11 is 0. The largest absolute Gasteiger partial charge is 0.461 e. The molecule has 0 bridgehead atoms. The quantitative estimate of drug-likeness (QED) is 0.189. The van der Waals surface area contributed by atoms with E-state index in [9.17, 15) is 34.2 Å². The molecule has 3 saturated carbocycles. The molecule has 12 heteroatoms. The first kappa shape index (κ1) is 41.3. The minimum absolute atomic E-state index is 0.0164. The first-order valence-corrected chi connectivity index (χ1v) is 20.1. The predicted molar refractivity (Wildman–Crippen MR) is 212 cm³/mol. The van der Waals surface area contributed by atoms with Gasteiger partial charge in [-0.2, -0.15) is 0 Å². The Kier molecular flexibility index (Phi) is 11.2. The van der Waals surface area contributed by atoms with E-state index < -0.39 is 76.2 Å². The van der Waals surface area contributed by atoms with Crippen molar-refractivity contribution in [1.29, 1.82) is 0 Å². The van der Waals surface area contributed by atoms with Crippen LogP contribution in [-0.4, -0.2) is 75.0 Å². The third-order valence-electron chi connectivity index (χ3n) is 14.0. The van der Waals surface area contributed by atoms with E-state index in [1.807, 2.05) is 24.3 Å². The molecule has 3 fully saturated rings. The lowest BCUT2D eigenvalue weighted by molar-refractivity contribution is -0.220. The number of aliphatic hydroxyl groups is 2. The number of hydrogen-bond donors (Lipinski definition) is 3. The molecule has 0 unspecified atom stereocenters. The summed E-state index contributed by atoms with van der Waals surface area (Å²) in [5.41, 5.74) is 2.44. The van der Waals surface area contributed by atoms with Gasteiger partial charge in [0.1, 0.15) is 18.0 Å². The lowest BCUT2D eigenvalue weighted by atomic mass is 9.44. The summed E-state index contributed by atoms with van der Waals surface area (Å²) in [6.45, 7) is 4.46. The number of aliphatic hydroxyl groups excluding tert-OH is 1. The van der Waals surface area contributed by atoms with Crippen molar-refractivity contribution in [2.75, 3.05) is 13.2 Å². The number of carbonyl (C=O) groups is 5. The fourth-order valence-electron chi connectivity index (χ4n) is 10.8. The predicted octanol–water partition coefficient (Wildman–Crippen LogP) is 5.37. The van der Waals surface area contributed by atoms with Gasteiger partial charge in [-0.15, -0.1) is 0 Å². The lowest BCUT2D eigenvalue weighted by Gasteiger charge is -2.62. The SMILES string of the molecule is C[C@@H]1C[C@H]2[C@@H]3CCC4=CC(=O)C=C[C@]4(C)[C@@]3(F)[C@@H](O)C[C@]2(C)[C@@]1(O)C(=O)COC(=O)CCC(=O)OCc1ccc([C@@H](CN)C(=O)Cc2ccc3cnccc3c2)cc1. The van der Waals surface area contributed by atoms with Crippen molar-refractivity contribution in [2.24, 2.45) is 34.3 Å². The zero-order valence-corrected chi connectivity index (χ0v) is 33.1. The van der Waals surface area contributed by atoms with Crippen molar-refractivity contribution in [3.05, 3.63) is 101 Å². The Morgan fingerprint density at radius 3 is 2.41 bits per heavy atom. The molecule has 4 aliphatic rings. The van der Waals surface area contributed by atoms with Gasteiger partial charge in [0.25, 0.3) is 0 Å². The van der Waals surface area contributed by atoms with Gasteiger partial charge in [0.15, 0.2) is 18.1 Å². The average Bonchev–Trinajstić information content (AvgIpc) is 3.41. The van der Waals surface area contributed by atoms with Crippen molar-refractivity contribution >= 4 is 40.1 Å². The number of benzene rings is 2. The Hall–Kier alpha value is -4.91. The van der Waals surface area contributed by atoms with E-state index in [4.69, 9.17) is 15.2 Å². The van der Waals surface area contributed by atoms with Crippen molar-refractivity contribution in [2.45, 2.75) is 95.6 Å². The summed E-state index contributed by atoms with van der Waals surface area (Å²) in [7, 11) is 0. The van der Waals surface area contributed by atoms with E-state index in [0.29, 0.717) is 30.4 Å². The van der Waals surface area contributed by atoms with Crippen molar-refractivity contribution < 1.29 is 48.0 Å². The van der Waals surface area contributed by atoms with Gasteiger partial charge < -0.3 is 25.4 Å². The number of Topliss-reactive ketones (excluding diaryl/α,β-unsaturated/α-hetero) is 2. The Labute approximate surface area is 336 Å². The molecule has 0 saturated heterocycles. The summed E-state index contributed by atoms with van der Waals surface area (Å²) in [5, 5.41) is 25.7. The summed E-state index contributed by atoms with van der Waals surface area (Å²) in [5.74, 6) is -4.72. The minimum atomic E-state index is -2.11. The van der Waals surface area contributed by atoms with Crippen LogP contribution in [0.25, 0.3) is 10.8 Å². The average molecular weight is 795 g/mol. The Bertz CT molecular complexity index is 2200. The van der Waals surface area contributed by atoms with Crippen LogP contribution in [0.1, 0.15) is 81.9 Å². The molecule has 0 amide bonds. The molecule has 0 radical (unpaired) electrons. The molecule has 4 aliphatic carbocycles. The standard InChI is InChI=1S/C46H51FN2O9/c1-27-18-37-36-11-10-33-21-34(50)14-16-43(33,2)45(36,47)39(52)22-44(37,3)46(27,56)40(53)26-58-42(55)13-12-41(54)57-25-28-4-7-30(8-5-28)35(23-48)38(51)20-29-6-9-32-24-49-17-15-31(32)19-29/h4-9,14-17,19,21,24,27,35-37,39,52,56H,10-13,18,20,22-23,25-26,48H2,1-3H3/t27-,35-,36+,37+,39+,43+,44+,45+,46+/m1/s1. The van der Waals surface area contributed by atoms with Crippen LogP contribution in [0.2, 0.25) is 0 Å². The maximum Gasteiger partial charge on any atom is 0.306 e. The number of halogens is 1. The van der Waals surface area contributed by atoms with Crippen LogP contribution >= 0.6 is 0 Å². The number of carbonyl (C=O) groups excluding carboxylic acids is 5. The number of nitrogens with zero attached hydrogens (tertiary/aromatic N) is 1. The molecule has 0 spiro atoms. The Balaban J connectivity index is 0.890. The number of aromatic nitrogens is 1. The molecule has 306 valence electrons. The molecular weight excluding hydrogens is 744 g/mol. The highest BCUT2D eigenvalue weighted by Crippen LogP contribution is 2.70. The third-order valence-corrected chi connectivity index (χ3v) is 14.0. The molecule has 7 rings (SSSR count). The highest BCUT2D eigenvalue weighted by atomic mass is 19.1. The number of nitrogens with two attached hydrogens (primary N) is 1. The van der Waals surface area contributed by atoms with Gasteiger partial charge in [0.2, 0.25) is 5.78 Å². The normalized spacial score (nSPS) is 31.7. The van der Waals surface area contributed by atoms with E-state index in [1.54, 1.807) is 63.5 Å². The lowest BCUT2D eigenvalue weighted by Crippen LogP contribution is -2.69. The van der Waals surface area contributed by atoms with Gasteiger partial charge in [-0.3, -0.25) is 29.0 Å². The maximum absolute atomic E-state index is 17.4. The van der Waals surface area contributed by atoms with Crippen LogP contribution < -0.4 is 5.73 Å². The minimum Gasteiger partial charge on any atom is -0.461 e. The number of rotatable bonds is 13. The van der Waals surface area contributed by atoms with Gasteiger partial charge in [-0.25, -0.2) is 4.39 Å². The fourth-order valence-corrected chi connectivity index (χ4v) is 10.8. The molecule has 2 aromatic carbocycles. The van der Waals surface area contributed by atoms with Gasteiger partial charge in [-0.1, -0.05) is 68.0 Å². The van der Waals surface area contributed by atoms with Crippen LogP contribution in [0.15, 0.2) is 84.7 Å². The van der Waals surface area contributed by atoms with Gasteiger partial charge in [-0.05, 0) is 84.7 Å². The second-order valence-corrected chi connectivity index (χ2v) is 17.1. The molecular formula is C46H51FN2O9. The molecule has 11 nitrogen and oxygen atoms in total. The van der Waals surface area contributed by atoms with Gasteiger partial charge >= 0.3 is 11.9 Å². The Morgan fingerprint density at radius 2 is 1.69 bits per heavy atom. The molecule has 1 heterocycles. The second-order valence-electron chi connectivity index (χ2n) is 17.1. The van der Waals surface area contributed by atoms with Crippen LogP contribution in [0, 0.1) is 28.6 Å². The summed E-state index contributed by atoms with van der Waals surface area (Å²) in [6, 6.07) is 14.8. The second kappa shape index (κ2) is 15.7. The Morgan fingerprint density at radius 1 is 0.983 bits per heavy atom. The van der Waals surface area contributed by atoms with Crippen LogP contribution in [0.4, 0.5) is 4.39 Å². The van der Waals surface area contributed by atoms with E-state index >= 15 is 4.39 Å². The monoisotopic (exact) mass is 794 g/mol. The first-order valence-electron chi connectivity index (χ1n) is 20.1. The zero-order chi connectivity index (χ0) is 41.6. The summed E-state index contributed by atoms with van der Waals surface area (Å²) in [4.78, 5) is 68.5. The topological polar surface area (TPSA) is 183 Å². The fraction of sp³-hybridized carbons (Fsp3) is 0.478. The summed E-state index contributed by atoms with van der Waals surface area (Å²) in [6.07, 6.45) is 6.82. The first-order chi connectivity index (χ1) is 27.5. The number of alkyl halides is 1. The number of allylic oxidation sites excluding steroid dienone is 4. The molecule has 3 aromatic rings. The molecule has 58 heavy (non-hydrogen) atoms. The zero-order valence-electron chi connectivity index (χ0n) is 33.1. The van der Waals surface area contributed by atoms with E-state index in [1.165, 1.54) is 12.2 Å². The number of fused-ring (bicyclic) bond motifs is 6. The number of esters is 2. The van der Waals surface area contributed by atoms with Crippen LogP contribution in [0.3, 0.4) is 0 Å². The van der Waals surface area contributed by atoms with Crippen molar-refractivity contribution in [1.82, 2.24) is 4.98 Å². The highest BCUT2D eigenvalue weighted by Gasteiger charge is 2.75. The number of pyridine rings is 1. The van der Waals surface area contributed by atoms with Crippen molar-refractivity contribution in [3.8, 4) is 0 Å². The molecule has 1 aromatic heterocycles. The highest BCUT2D eigenvalue weighted by molar-refractivity contribution is 6.01. The molecule has 9 atom stereocenters. The van der Waals surface area contributed by atoms with Crippen LogP contribution in [0.5, 0.6) is 0 Å². The third kappa shape index (κ3) is 6.92. The van der Waals surface area contributed by atoms with E-state index in [0.717, 1.165) is 21.9 Å². The molecule has 4 N–H and O–H groups in total. The number of ketones is 3. The van der Waals surface area contributed by atoms with Gasteiger partial charge in [0, 0.05) is 47.5 Å². The summed E-state index contributed by atoms with van der Waals surface area (Å²) < 4.78 is 28.1. The van der Waals surface area contributed by atoms with Crippen LogP contribution in [-0.2, 0) is 46.5 Å². The smallest absolute Gasteiger partial charge is 0.306 e.